The van der Waals surface area contributed by atoms with Crippen molar-refractivity contribution in [2.45, 2.75) is 25.6 Å². The largest absolute Gasteiger partial charge is 0.478 e. The van der Waals surface area contributed by atoms with E-state index in [0.29, 0.717) is 31.7 Å². The number of alkyl halides is 1. The zero-order valence-electron chi connectivity index (χ0n) is 12.4. The maximum atomic E-state index is 14.8. The van der Waals surface area contributed by atoms with Crippen LogP contribution in [0.15, 0.2) is 18.2 Å². The van der Waals surface area contributed by atoms with Crippen LogP contribution in [-0.2, 0) is 11.3 Å². The highest BCUT2D eigenvalue weighted by molar-refractivity contribution is 5.89. The fraction of sp³-hybridized carbons (Fsp3) is 0.500. The summed E-state index contributed by atoms with van der Waals surface area (Å²) in [6, 6.07) is 4.98. The predicted octanol–water partition coefficient (Wildman–Crippen LogP) is 1.35. The Bertz CT molecular complexity index is 634. The standard InChI is InChI=1S/C16H19FN2O3/c1-10-6-11(2-3-13(10)14(20)21)8-19-9-12-7-18-5-4-16(12,17)15(19)22/h2-3,6,12,18H,4-5,7-9H2,1H3,(H,20,21)/t12-,16+/m0/s1. The van der Waals surface area contributed by atoms with Crippen molar-refractivity contribution in [1.29, 1.82) is 0 Å². The molecule has 0 aromatic heterocycles. The normalized spacial score (nSPS) is 27.8. The second-order valence-electron chi connectivity index (χ2n) is 6.15. The third-order valence-electron chi connectivity index (χ3n) is 4.68. The zero-order valence-corrected chi connectivity index (χ0v) is 12.4. The molecule has 2 N–H and O–H groups in total. The summed E-state index contributed by atoms with van der Waals surface area (Å²) in [6.45, 7) is 3.50. The van der Waals surface area contributed by atoms with Gasteiger partial charge in [-0.1, -0.05) is 12.1 Å². The van der Waals surface area contributed by atoms with Gasteiger partial charge in [0.05, 0.1) is 5.56 Å². The van der Waals surface area contributed by atoms with E-state index >= 15 is 0 Å². The second-order valence-corrected chi connectivity index (χ2v) is 6.15. The zero-order chi connectivity index (χ0) is 15.9. The number of likely N-dealkylation sites (tertiary alicyclic amines) is 1. The van der Waals surface area contributed by atoms with Crippen molar-refractivity contribution in [3.05, 3.63) is 34.9 Å². The highest BCUT2D eigenvalue weighted by atomic mass is 19.1. The van der Waals surface area contributed by atoms with Gasteiger partial charge in [-0.25, -0.2) is 9.18 Å². The van der Waals surface area contributed by atoms with Crippen LogP contribution in [0.4, 0.5) is 4.39 Å². The minimum atomic E-state index is -1.73. The Labute approximate surface area is 128 Å². The molecule has 5 nitrogen and oxygen atoms in total. The Kier molecular flexibility index (Phi) is 3.64. The first-order valence-corrected chi connectivity index (χ1v) is 7.43. The van der Waals surface area contributed by atoms with Crippen LogP contribution in [0.3, 0.4) is 0 Å². The molecule has 22 heavy (non-hydrogen) atoms. The first kappa shape index (κ1) is 15.0. The predicted molar refractivity (Wildman–Crippen MR) is 78.4 cm³/mol. The van der Waals surface area contributed by atoms with E-state index in [1.807, 2.05) is 0 Å². The number of nitrogens with zero attached hydrogens (tertiary/aromatic N) is 1. The molecule has 1 aromatic rings. The fourth-order valence-corrected chi connectivity index (χ4v) is 3.44. The lowest BCUT2D eigenvalue weighted by atomic mass is 9.86. The monoisotopic (exact) mass is 306 g/mol. The number of halogens is 1. The van der Waals surface area contributed by atoms with Gasteiger partial charge < -0.3 is 15.3 Å². The number of aryl methyl sites for hydroxylation is 1. The molecule has 118 valence electrons. The molecule has 2 saturated heterocycles. The van der Waals surface area contributed by atoms with E-state index in [0.717, 1.165) is 5.56 Å². The quantitative estimate of drug-likeness (QED) is 0.884. The third kappa shape index (κ3) is 2.37. The number of benzene rings is 1. The lowest BCUT2D eigenvalue weighted by molar-refractivity contribution is -0.140. The van der Waals surface area contributed by atoms with Crippen molar-refractivity contribution in [2.24, 2.45) is 5.92 Å². The summed E-state index contributed by atoms with van der Waals surface area (Å²) in [7, 11) is 0. The molecule has 0 spiro atoms. The van der Waals surface area contributed by atoms with Gasteiger partial charge in [0.2, 0.25) is 0 Å². The van der Waals surface area contributed by atoms with E-state index in [-0.39, 0.29) is 17.9 Å². The molecule has 2 aliphatic rings. The summed E-state index contributed by atoms with van der Waals surface area (Å²) < 4.78 is 14.8. The van der Waals surface area contributed by atoms with Crippen molar-refractivity contribution in [2.75, 3.05) is 19.6 Å². The van der Waals surface area contributed by atoms with Crippen molar-refractivity contribution in [3.63, 3.8) is 0 Å². The lowest BCUT2D eigenvalue weighted by Gasteiger charge is -2.29. The molecule has 6 heteroatoms. The van der Waals surface area contributed by atoms with Crippen LogP contribution in [0.2, 0.25) is 0 Å². The van der Waals surface area contributed by atoms with Gasteiger partial charge in [-0.15, -0.1) is 0 Å². The van der Waals surface area contributed by atoms with Gasteiger partial charge in [-0.2, -0.15) is 0 Å². The molecule has 1 aromatic carbocycles. The number of carbonyl (C=O) groups excluding carboxylic acids is 1. The summed E-state index contributed by atoms with van der Waals surface area (Å²) in [4.78, 5) is 24.9. The van der Waals surface area contributed by atoms with E-state index in [1.165, 1.54) is 6.07 Å². The van der Waals surface area contributed by atoms with Gasteiger partial charge in [0.15, 0.2) is 5.67 Å². The number of rotatable bonds is 3. The molecule has 1 amide bonds. The van der Waals surface area contributed by atoms with Crippen LogP contribution in [0, 0.1) is 12.8 Å². The molecule has 0 aliphatic carbocycles. The molecule has 2 aliphatic heterocycles. The second kappa shape index (κ2) is 5.35. The van der Waals surface area contributed by atoms with E-state index in [4.69, 9.17) is 5.11 Å². The number of carboxylic acid groups (broad SMARTS) is 1. The fourth-order valence-electron chi connectivity index (χ4n) is 3.44. The molecule has 0 saturated carbocycles. The highest BCUT2D eigenvalue weighted by Crippen LogP contribution is 2.38. The molecular weight excluding hydrogens is 287 g/mol. The van der Waals surface area contributed by atoms with Gasteiger partial charge in [-0.3, -0.25) is 4.79 Å². The van der Waals surface area contributed by atoms with Crippen LogP contribution in [-0.4, -0.2) is 47.2 Å². The first-order chi connectivity index (χ1) is 10.4. The first-order valence-electron chi connectivity index (χ1n) is 7.43. The topological polar surface area (TPSA) is 69.6 Å². The number of hydrogen-bond donors (Lipinski definition) is 2. The van der Waals surface area contributed by atoms with Crippen molar-refractivity contribution >= 4 is 11.9 Å². The Morgan fingerprint density at radius 3 is 2.95 bits per heavy atom. The van der Waals surface area contributed by atoms with Crippen LogP contribution in [0.25, 0.3) is 0 Å². The van der Waals surface area contributed by atoms with Crippen molar-refractivity contribution in [1.82, 2.24) is 10.2 Å². The van der Waals surface area contributed by atoms with E-state index < -0.39 is 17.5 Å². The van der Waals surface area contributed by atoms with Gasteiger partial charge >= 0.3 is 5.97 Å². The number of carbonyl (C=O) groups is 2. The van der Waals surface area contributed by atoms with Gasteiger partial charge in [0, 0.05) is 32.0 Å². The number of nitrogens with one attached hydrogen (secondary N) is 1. The number of piperidine rings is 1. The molecule has 0 radical (unpaired) electrons. The molecule has 0 unspecified atom stereocenters. The minimum Gasteiger partial charge on any atom is -0.478 e. The average Bonchev–Trinajstić information content (AvgIpc) is 2.71. The third-order valence-corrected chi connectivity index (χ3v) is 4.68. The lowest BCUT2D eigenvalue weighted by Crippen LogP contribution is -2.49. The highest BCUT2D eigenvalue weighted by Gasteiger charge is 2.55. The molecule has 2 atom stereocenters. The van der Waals surface area contributed by atoms with Crippen LogP contribution in [0.1, 0.15) is 27.9 Å². The number of hydrogen-bond acceptors (Lipinski definition) is 3. The van der Waals surface area contributed by atoms with Gasteiger partial charge in [0.25, 0.3) is 5.91 Å². The summed E-state index contributed by atoms with van der Waals surface area (Å²) in [6.07, 6.45) is 0.226. The Morgan fingerprint density at radius 2 is 2.32 bits per heavy atom. The van der Waals surface area contributed by atoms with Crippen LogP contribution < -0.4 is 5.32 Å². The minimum absolute atomic E-state index is 0.226. The van der Waals surface area contributed by atoms with Crippen molar-refractivity contribution < 1.29 is 19.1 Å². The van der Waals surface area contributed by atoms with Gasteiger partial charge in [0.1, 0.15) is 0 Å². The number of fused-ring (bicyclic) bond motifs is 1. The molecular formula is C16H19FN2O3. The number of carboxylic acids is 1. The maximum absolute atomic E-state index is 14.8. The summed E-state index contributed by atoms with van der Waals surface area (Å²) in [5.74, 6) is -1.70. The van der Waals surface area contributed by atoms with E-state index in [1.54, 1.807) is 24.0 Å². The molecule has 3 rings (SSSR count). The average molecular weight is 306 g/mol. The van der Waals surface area contributed by atoms with Crippen molar-refractivity contribution in [3.8, 4) is 0 Å². The Hall–Kier alpha value is -1.95. The molecule has 0 bridgehead atoms. The number of aromatic carboxylic acids is 1. The van der Waals surface area contributed by atoms with E-state index in [9.17, 15) is 14.0 Å². The molecule has 2 heterocycles. The van der Waals surface area contributed by atoms with Crippen LogP contribution >= 0.6 is 0 Å². The summed E-state index contributed by atoms with van der Waals surface area (Å²) in [5.41, 5.74) is -0.0190. The smallest absolute Gasteiger partial charge is 0.335 e. The Morgan fingerprint density at radius 1 is 1.55 bits per heavy atom. The summed E-state index contributed by atoms with van der Waals surface area (Å²) >= 11 is 0. The number of amides is 1. The van der Waals surface area contributed by atoms with Gasteiger partial charge in [-0.05, 0) is 30.7 Å². The molecule has 2 fully saturated rings. The summed E-state index contributed by atoms with van der Waals surface area (Å²) in [5, 5.41) is 12.2. The SMILES string of the molecule is Cc1cc(CN2C[C@@H]3CNCC[C@]3(F)C2=O)ccc1C(=O)O. The van der Waals surface area contributed by atoms with E-state index in [2.05, 4.69) is 5.32 Å². The maximum Gasteiger partial charge on any atom is 0.335 e. The Balaban J connectivity index is 1.78. The van der Waals surface area contributed by atoms with Crippen LogP contribution in [0.5, 0.6) is 0 Å².